The van der Waals surface area contributed by atoms with Gasteiger partial charge in [0.15, 0.2) is 6.10 Å². The molecule has 0 saturated carbocycles. The summed E-state index contributed by atoms with van der Waals surface area (Å²) in [6, 6.07) is 0. The minimum absolute atomic E-state index is 0.0763. The molecule has 80 heavy (non-hydrogen) atoms. The Kier molecular flexibility index (Phi) is 66.1. The summed E-state index contributed by atoms with van der Waals surface area (Å²) in [7, 11) is 0. The fourth-order valence-electron chi connectivity index (χ4n) is 10.4. The highest BCUT2D eigenvalue weighted by molar-refractivity contribution is 5.71. The molecule has 0 amide bonds. The molecule has 1 atom stereocenters. The zero-order valence-corrected chi connectivity index (χ0v) is 53.6. The lowest BCUT2D eigenvalue weighted by molar-refractivity contribution is -0.167. The van der Waals surface area contributed by atoms with E-state index in [-0.39, 0.29) is 31.1 Å². The van der Waals surface area contributed by atoms with E-state index in [1.807, 2.05) is 0 Å². The Morgan fingerprint density at radius 1 is 0.250 bits per heavy atom. The van der Waals surface area contributed by atoms with Gasteiger partial charge in [0, 0.05) is 19.3 Å². The Hall–Kier alpha value is -2.89. The van der Waals surface area contributed by atoms with Gasteiger partial charge in [0.25, 0.3) is 0 Å². The summed E-state index contributed by atoms with van der Waals surface area (Å²) in [4.78, 5) is 38.3. The molecule has 0 saturated heterocycles. The van der Waals surface area contributed by atoms with E-state index in [9.17, 15) is 14.4 Å². The second kappa shape index (κ2) is 68.6. The van der Waals surface area contributed by atoms with Crippen LogP contribution in [0.1, 0.15) is 374 Å². The first-order valence-electron chi connectivity index (χ1n) is 35.3. The molecule has 0 N–H and O–H groups in total. The SMILES string of the molecule is CCCCC/C=C\C/C=C\CCCCCCCCCC(=O)OC(COC(=O)CCCCCCC/C=C\CCCCC)COC(=O)CCCCCCCCCCCCCCCCCCCCCCC/C=C\C/C=C\CCCCCCC. The van der Waals surface area contributed by atoms with Crippen LogP contribution in [0.5, 0.6) is 0 Å². The molecule has 0 aliphatic rings. The maximum Gasteiger partial charge on any atom is 0.306 e. The summed E-state index contributed by atoms with van der Waals surface area (Å²) < 4.78 is 16.9. The van der Waals surface area contributed by atoms with Gasteiger partial charge in [-0.3, -0.25) is 14.4 Å². The molecule has 6 heteroatoms. The number of ether oxygens (including phenoxy) is 3. The molecule has 6 nitrogen and oxygen atoms in total. The first kappa shape index (κ1) is 77.1. The zero-order chi connectivity index (χ0) is 57.8. The molecule has 0 aromatic heterocycles. The fourth-order valence-corrected chi connectivity index (χ4v) is 10.4. The first-order valence-corrected chi connectivity index (χ1v) is 35.3. The van der Waals surface area contributed by atoms with Crippen molar-refractivity contribution in [3.63, 3.8) is 0 Å². The Balaban J connectivity index is 4.11. The molecule has 0 spiro atoms. The van der Waals surface area contributed by atoms with Crippen molar-refractivity contribution in [2.24, 2.45) is 0 Å². The van der Waals surface area contributed by atoms with Crippen molar-refractivity contribution in [1.82, 2.24) is 0 Å². The molecule has 0 radical (unpaired) electrons. The molecule has 0 aliphatic heterocycles. The molecule has 0 bridgehead atoms. The lowest BCUT2D eigenvalue weighted by Gasteiger charge is -2.18. The van der Waals surface area contributed by atoms with Gasteiger partial charge in [0.05, 0.1) is 0 Å². The van der Waals surface area contributed by atoms with Gasteiger partial charge < -0.3 is 14.2 Å². The summed E-state index contributed by atoms with van der Waals surface area (Å²) in [6.07, 6.45) is 88.3. The lowest BCUT2D eigenvalue weighted by atomic mass is 10.0. The van der Waals surface area contributed by atoms with Crippen LogP contribution in [0.25, 0.3) is 0 Å². The number of hydrogen-bond donors (Lipinski definition) is 0. The highest BCUT2D eigenvalue weighted by Gasteiger charge is 2.19. The van der Waals surface area contributed by atoms with Gasteiger partial charge in [0.2, 0.25) is 0 Å². The van der Waals surface area contributed by atoms with Crippen LogP contribution >= 0.6 is 0 Å². The monoisotopic (exact) mass is 1120 g/mol. The van der Waals surface area contributed by atoms with Gasteiger partial charge in [-0.1, -0.05) is 306 Å². The third-order valence-electron chi connectivity index (χ3n) is 15.7. The van der Waals surface area contributed by atoms with Crippen molar-refractivity contribution in [3.05, 3.63) is 60.8 Å². The minimum atomic E-state index is -0.781. The van der Waals surface area contributed by atoms with Gasteiger partial charge >= 0.3 is 17.9 Å². The van der Waals surface area contributed by atoms with E-state index in [4.69, 9.17) is 14.2 Å². The Labute approximate surface area is 498 Å². The molecule has 0 aliphatic carbocycles. The highest BCUT2D eigenvalue weighted by atomic mass is 16.6. The quantitative estimate of drug-likeness (QED) is 0.0261. The van der Waals surface area contributed by atoms with Crippen LogP contribution in [-0.4, -0.2) is 37.2 Å². The van der Waals surface area contributed by atoms with E-state index in [0.717, 1.165) is 83.5 Å². The summed E-state index contributed by atoms with van der Waals surface area (Å²) in [6.45, 7) is 6.62. The number of carbonyl (C=O) groups is 3. The number of allylic oxidation sites excluding steroid dienone is 10. The van der Waals surface area contributed by atoms with E-state index in [1.165, 1.54) is 250 Å². The van der Waals surface area contributed by atoms with Crippen molar-refractivity contribution < 1.29 is 28.6 Å². The standard InChI is InChI=1S/C74H134O6/c1-4-7-10-13-16-19-22-25-27-29-30-31-32-33-34-35-36-37-38-39-40-41-42-43-44-46-47-49-52-55-58-61-64-67-73(76)79-70-71(69-78-72(75)66-63-60-57-54-51-24-21-18-15-12-9-6-3)80-74(77)68-65-62-59-56-53-50-48-45-28-26-23-20-17-14-11-8-5-2/h17-18,20-22,25-26,28-30,71H,4-16,19,23-24,27,31-70H2,1-3H3/b20-17-,21-18-,25-22-,28-26-,30-29-. The maximum absolute atomic E-state index is 12.9. The number of rotatable bonds is 65. The second-order valence-electron chi connectivity index (χ2n) is 23.8. The number of esters is 3. The highest BCUT2D eigenvalue weighted by Crippen LogP contribution is 2.18. The van der Waals surface area contributed by atoms with Gasteiger partial charge in [-0.25, -0.2) is 0 Å². The first-order chi connectivity index (χ1) is 39.5. The molecule has 0 rings (SSSR count). The minimum Gasteiger partial charge on any atom is -0.462 e. The predicted octanol–water partition coefficient (Wildman–Crippen LogP) is 24.3. The molecule has 0 aromatic carbocycles. The van der Waals surface area contributed by atoms with Crippen LogP contribution in [0.4, 0.5) is 0 Å². The van der Waals surface area contributed by atoms with Crippen LogP contribution in [0, 0.1) is 0 Å². The van der Waals surface area contributed by atoms with Crippen LogP contribution in [0.3, 0.4) is 0 Å². The van der Waals surface area contributed by atoms with Crippen LogP contribution in [-0.2, 0) is 28.6 Å². The molecule has 466 valence electrons. The average molecular weight is 1120 g/mol. The van der Waals surface area contributed by atoms with E-state index >= 15 is 0 Å². The summed E-state index contributed by atoms with van der Waals surface area (Å²) >= 11 is 0. The summed E-state index contributed by atoms with van der Waals surface area (Å²) in [5.41, 5.74) is 0. The van der Waals surface area contributed by atoms with Gasteiger partial charge in [-0.2, -0.15) is 0 Å². The maximum atomic E-state index is 12.9. The smallest absolute Gasteiger partial charge is 0.306 e. The lowest BCUT2D eigenvalue weighted by Crippen LogP contribution is -2.30. The normalized spacial score (nSPS) is 12.4. The zero-order valence-electron chi connectivity index (χ0n) is 53.6. The summed E-state index contributed by atoms with van der Waals surface area (Å²) in [5, 5.41) is 0. The Morgan fingerprint density at radius 3 is 0.725 bits per heavy atom. The Bertz CT molecular complexity index is 1430. The number of hydrogen-bond acceptors (Lipinski definition) is 6. The Morgan fingerprint density at radius 2 is 0.450 bits per heavy atom. The van der Waals surface area contributed by atoms with E-state index in [1.54, 1.807) is 0 Å². The predicted molar refractivity (Wildman–Crippen MR) is 348 cm³/mol. The van der Waals surface area contributed by atoms with Gasteiger partial charge in [0.1, 0.15) is 13.2 Å². The van der Waals surface area contributed by atoms with Crippen molar-refractivity contribution in [3.8, 4) is 0 Å². The largest absolute Gasteiger partial charge is 0.462 e. The van der Waals surface area contributed by atoms with Crippen LogP contribution in [0.2, 0.25) is 0 Å². The molecule has 0 fully saturated rings. The third-order valence-corrected chi connectivity index (χ3v) is 15.7. The average Bonchev–Trinajstić information content (AvgIpc) is 3.46. The van der Waals surface area contributed by atoms with Gasteiger partial charge in [-0.15, -0.1) is 0 Å². The molecular formula is C74H134O6. The number of carbonyl (C=O) groups excluding carboxylic acids is 3. The molecule has 0 aromatic rings. The number of unbranched alkanes of at least 4 members (excludes halogenated alkanes) is 44. The molecule has 0 heterocycles. The third kappa shape index (κ3) is 65.9. The van der Waals surface area contributed by atoms with Crippen molar-refractivity contribution in [1.29, 1.82) is 0 Å². The van der Waals surface area contributed by atoms with Crippen molar-refractivity contribution in [2.45, 2.75) is 380 Å². The van der Waals surface area contributed by atoms with E-state index < -0.39 is 6.10 Å². The van der Waals surface area contributed by atoms with Crippen molar-refractivity contribution in [2.75, 3.05) is 13.2 Å². The molecule has 1 unspecified atom stereocenters. The molecular weight excluding hydrogens is 985 g/mol. The topological polar surface area (TPSA) is 78.9 Å². The van der Waals surface area contributed by atoms with E-state index in [0.29, 0.717) is 19.3 Å². The fraction of sp³-hybridized carbons (Fsp3) is 0.824. The van der Waals surface area contributed by atoms with Crippen LogP contribution in [0.15, 0.2) is 60.8 Å². The van der Waals surface area contributed by atoms with Gasteiger partial charge in [-0.05, 0) is 109 Å². The summed E-state index contributed by atoms with van der Waals surface area (Å²) in [5.74, 6) is -0.874. The van der Waals surface area contributed by atoms with E-state index in [2.05, 4.69) is 81.5 Å². The van der Waals surface area contributed by atoms with Crippen molar-refractivity contribution >= 4 is 17.9 Å². The van der Waals surface area contributed by atoms with Crippen LogP contribution < -0.4 is 0 Å². The second-order valence-corrected chi connectivity index (χ2v) is 23.8.